The molecule has 0 aliphatic rings. The Kier molecular flexibility index (Phi) is 4.19. The van der Waals surface area contributed by atoms with E-state index in [4.69, 9.17) is 5.73 Å². The third-order valence-corrected chi connectivity index (χ3v) is 2.39. The molecule has 1 aromatic carbocycles. The van der Waals surface area contributed by atoms with Gasteiger partial charge in [-0.1, -0.05) is 40.2 Å². The molecule has 0 spiro atoms. The van der Waals surface area contributed by atoms with Crippen molar-refractivity contribution in [3.8, 4) is 0 Å². The molecule has 0 amide bonds. The summed E-state index contributed by atoms with van der Waals surface area (Å²) in [6.45, 7) is 4.66. The third-order valence-electron chi connectivity index (χ3n) is 1.87. The zero-order chi connectivity index (χ0) is 9.68. The molecule has 1 aromatic rings. The van der Waals surface area contributed by atoms with Gasteiger partial charge in [0.1, 0.15) is 0 Å². The van der Waals surface area contributed by atoms with Crippen molar-refractivity contribution in [1.29, 1.82) is 0 Å². The number of benzene rings is 1. The Hall–Kier alpha value is -0.600. The quantitative estimate of drug-likeness (QED) is 0.804. The van der Waals surface area contributed by atoms with Gasteiger partial charge in [0.15, 0.2) is 0 Å². The summed E-state index contributed by atoms with van der Waals surface area (Å²) in [5, 5.41) is 0. The monoisotopic (exact) mass is 239 g/mol. The van der Waals surface area contributed by atoms with Gasteiger partial charge in [-0.3, -0.25) is 0 Å². The molecule has 13 heavy (non-hydrogen) atoms. The van der Waals surface area contributed by atoms with Gasteiger partial charge < -0.3 is 5.73 Å². The Morgan fingerprint density at radius 3 is 2.46 bits per heavy atom. The first-order valence-electron chi connectivity index (χ1n) is 4.33. The molecular formula is C11H14BrN. The van der Waals surface area contributed by atoms with Gasteiger partial charge in [0.2, 0.25) is 0 Å². The molecular weight excluding hydrogens is 226 g/mol. The van der Waals surface area contributed by atoms with Crippen LogP contribution in [0.15, 0.2) is 40.9 Å². The standard InChI is InChI=1S/C11H14BrN/c1-9(6-7-13)8-10-2-4-11(12)5-3-10/h2-5H,1,6-8,13H2. The van der Waals surface area contributed by atoms with E-state index in [2.05, 4.69) is 34.6 Å². The summed E-state index contributed by atoms with van der Waals surface area (Å²) in [6, 6.07) is 8.30. The van der Waals surface area contributed by atoms with Gasteiger partial charge in [0.25, 0.3) is 0 Å². The SMILES string of the molecule is C=C(CCN)Cc1ccc(Br)cc1. The lowest BCUT2D eigenvalue weighted by molar-refractivity contribution is 0.913. The lowest BCUT2D eigenvalue weighted by atomic mass is 10.0. The van der Waals surface area contributed by atoms with Gasteiger partial charge in [0.05, 0.1) is 0 Å². The molecule has 0 fully saturated rings. The second kappa shape index (κ2) is 5.20. The molecule has 70 valence electrons. The van der Waals surface area contributed by atoms with Crippen LogP contribution in [0.3, 0.4) is 0 Å². The molecule has 0 atom stereocenters. The molecule has 0 aromatic heterocycles. The summed E-state index contributed by atoms with van der Waals surface area (Å²) in [4.78, 5) is 0. The second-order valence-electron chi connectivity index (χ2n) is 3.09. The highest BCUT2D eigenvalue weighted by atomic mass is 79.9. The van der Waals surface area contributed by atoms with E-state index in [1.807, 2.05) is 12.1 Å². The van der Waals surface area contributed by atoms with Crippen molar-refractivity contribution in [2.24, 2.45) is 5.73 Å². The number of halogens is 1. The van der Waals surface area contributed by atoms with E-state index in [1.165, 1.54) is 11.1 Å². The zero-order valence-electron chi connectivity index (χ0n) is 7.59. The van der Waals surface area contributed by atoms with Crippen molar-refractivity contribution in [2.75, 3.05) is 6.54 Å². The Bertz CT molecular complexity index is 277. The normalized spacial score (nSPS) is 10.0. The number of nitrogens with two attached hydrogens (primary N) is 1. The lowest BCUT2D eigenvalue weighted by Crippen LogP contribution is -2.01. The molecule has 0 aliphatic heterocycles. The first-order valence-corrected chi connectivity index (χ1v) is 5.13. The Balaban J connectivity index is 2.54. The van der Waals surface area contributed by atoms with Crippen molar-refractivity contribution in [2.45, 2.75) is 12.8 Å². The van der Waals surface area contributed by atoms with Gasteiger partial charge >= 0.3 is 0 Å². The molecule has 0 radical (unpaired) electrons. The molecule has 0 saturated heterocycles. The van der Waals surface area contributed by atoms with Crippen LogP contribution in [0.5, 0.6) is 0 Å². The van der Waals surface area contributed by atoms with Gasteiger partial charge in [-0.05, 0) is 37.1 Å². The van der Waals surface area contributed by atoms with E-state index in [0.29, 0.717) is 6.54 Å². The van der Waals surface area contributed by atoms with Crippen LogP contribution in [-0.2, 0) is 6.42 Å². The van der Waals surface area contributed by atoms with Crippen LogP contribution in [0.4, 0.5) is 0 Å². The average Bonchev–Trinajstić information content (AvgIpc) is 2.09. The number of hydrogen-bond acceptors (Lipinski definition) is 1. The fraction of sp³-hybridized carbons (Fsp3) is 0.273. The summed E-state index contributed by atoms with van der Waals surface area (Å²) >= 11 is 3.40. The fourth-order valence-electron chi connectivity index (χ4n) is 1.18. The molecule has 2 heteroatoms. The minimum atomic E-state index is 0.690. The summed E-state index contributed by atoms with van der Waals surface area (Å²) in [5.74, 6) is 0. The van der Waals surface area contributed by atoms with Crippen LogP contribution in [0.25, 0.3) is 0 Å². The molecule has 2 N–H and O–H groups in total. The number of rotatable bonds is 4. The first kappa shape index (κ1) is 10.5. The van der Waals surface area contributed by atoms with Crippen molar-refractivity contribution in [1.82, 2.24) is 0 Å². The second-order valence-corrected chi connectivity index (χ2v) is 4.01. The summed E-state index contributed by atoms with van der Waals surface area (Å²) in [5.41, 5.74) is 7.93. The summed E-state index contributed by atoms with van der Waals surface area (Å²) in [7, 11) is 0. The summed E-state index contributed by atoms with van der Waals surface area (Å²) < 4.78 is 1.11. The minimum absolute atomic E-state index is 0.690. The van der Waals surface area contributed by atoms with E-state index >= 15 is 0 Å². The highest BCUT2D eigenvalue weighted by molar-refractivity contribution is 9.10. The molecule has 1 rings (SSSR count). The van der Waals surface area contributed by atoms with Crippen LogP contribution in [0.2, 0.25) is 0 Å². The predicted octanol–water partition coefficient (Wildman–Crippen LogP) is 2.90. The zero-order valence-corrected chi connectivity index (χ0v) is 9.18. The van der Waals surface area contributed by atoms with Crippen molar-refractivity contribution in [3.63, 3.8) is 0 Å². The maximum absolute atomic E-state index is 5.44. The minimum Gasteiger partial charge on any atom is -0.330 e. The lowest BCUT2D eigenvalue weighted by Gasteiger charge is -2.03. The van der Waals surface area contributed by atoms with E-state index in [0.717, 1.165) is 17.3 Å². The van der Waals surface area contributed by atoms with Crippen LogP contribution < -0.4 is 5.73 Å². The highest BCUT2D eigenvalue weighted by Crippen LogP contribution is 2.13. The van der Waals surface area contributed by atoms with E-state index < -0.39 is 0 Å². The highest BCUT2D eigenvalue weighted by Gasteiger charge is 1.96. The van der Waals surface area contributed by atoms with Crippen LogP contribution >= 0.6 is 15.9 Å². The predicted molar refractivity (Wildman–Crippen MR) is 60.7 cm³/mol. The maximum atomic E-state index is 5.44. The fourth-order valence-corrected chi connectivity index (χ4v) is 1.45. The molecule has 0 aliphatic carbocycles. The molecule has 0 saturated carbocycles. The third kappa shape index (κ3) is 3.75. The Morgan fingerprint density at radius 1 is 1.31 bits per heavy atom. The number of hydrogen-bond donors (Lipinski definition) is 1. The van der Waals surface area contributed by atoms with Gasteiger partial charge in [-0.2, -0.15) is 0 Å². The molecule has 0 heterocycles. The summed E-state index contributed by atoms with van der Waals surface area (Å²) in [6.07, 6.45) is 1.85. The van der Waals surface area contributed by atoms with Crippen LogP contribution in [-0.4, -0.2) is 6.54 Å². The van der Waals surface area contributed by atoms with Crippen LogP contribution in [0, 0.1) is 0 Å². The van der Waals surface area contributed by atoms with Crippen molar-refractivity contribution < 1.29 is 0 Å². The van der Waals surface area contributed by atoms with E-state index in [1.54, 1.807) is 0 Å². The largest absolute Gasteiger partial charge is 0.330 e. The van der Waals surface area contributed by atoms with Crippen molar-refractivity contribution in [3.05, 3.63) is 46.5 Å². The Labute approximate surface area is 87.8 Å². The topological polar surface area (TPSA) is 26.0 Å². The molecule has 1 nitrogen and oxygen atoms in total. The van der Waals surface area contributed by atoms with Crippen LogP contribution in [0.1, 0.15) is 12.0 Å². The van der Waals surface area contributed by atoms with Crippen molar-refractivity contribution >= 4 is 15.9 Å². The smallest absolute Gasteiger partial charge is 0.0175 e. The molecule has 0 bridgehead atoms. The first-order chi connectivity index (χ1) is 6.22. The average molecular weight is 240 g/mol. The van der Waals surface area contributed by atoms with Gasteiger partial charge in [-0.25, -0.2) is 0 Å². The van der Waals surface area contributed by atoms with E-state index in [-0.39, 0.29) is 0 Å². The van der Waals surface area contributed by atoms with Gasteiger partial charge in [0, 0.05) is 4.47 Å². The van der Waals surface area contributed by atoms with Gasteiger partial charge in [-0.15, -0.1) is 0 Å². The van der Waals surface area contributed by atoms with E-state index in [9.17, 15) is 0 Å². The maximum Gasteiger partial charge on any atom is 0.0175 e. The molecule has 0 unspecified atom stereocenters. The Morgan fingerprint density at radius 2 is 1.92 bits per heavy atom.